The lowest BCUT2D eigenvalue weighted by Gasteiger charge is -2.39. The van der Waals surface area contributed by atoms with Crippen LogP contribution in [0.5, 0.6) is 5.75 Å². The molecular formula is C17H18N2O2. The second-order valence-corrected chi connectivity index (χ2v) is 6.46. The lowest BCUT2D eigenvalue weighted by molar-refractivity contribution is -0.141. The molecule has 3 fully saturated rings. The minimum atomic E-state index is 0.0972. The van der Waals surface area contributed by atoms with Crippen molar-refractivity contribution in [1.82, 2.24) is 4.90 Å². The predicted octanol–water partition coefficient (Wildman–Crippen LogP) is 2.19. The molecule has 4 heteroatoms. The number of ether oxygens (including phenoxy) is 1. The number of likely N-dealkylation sites (tertiary alicyclic amines) is 1. The molecule has 1 heterocycles. The SMILES string of the molecule is N#Cc1ccc(OC2CN(C(=O)[C@H]3C[C@H]3C3CC3)C2)cc1. The van der Waals surface area contributed by atoms with Crippen LogP contribution in [0.15, 0.2) is 24.3 Å². The van der Waals surface area contributed by atoms with Gasteiger partial charge in [0.2, 0.25) is 5.91 Å². The topological polar surface area (TPSA) is 53.3 Å². The lowest BCUT2D eigenvalue weighted by Crippen LogP contribution is -2.56. The maximum absolute atomic E-state index is 12.2. The molecule has 2 atom stereocenters. The van der Waals surface area contributed by atoms with E-state index in [1.54, 1.807) is 12.1 Å². The zero-order valence-corrected chi connectivity index (χ0v) is 11.9. The highest BCUT2D eigenvalue weighted by Crippen LogP contribution is 2.55. The van der Waals surface area contributed by atoms with E-state index in [-0.39, 0.29) is 6.10 Å². The number of nitriles is 1. The van der Waals surface area contributed by atoms with Crippen LogP contribution >= 0.6 is 0 Å². The van der Waals surface area contributed by atoms with Gasteiger partial charge in [0.1, 0.15) is 11.9 Å². The number of carbonyl (C=O) groups excluding carboxylic acids is 1. The van der Waals surface area contributed by atoms with Gasteiger partial charge in [0.15, 0.2) is 0 Å². The van der Waals surface area contributed by atoms with Crippen molar-refractivity contribution in [2.75, 3.05) is 13.1 Å². The highest BCUT2D eigenvalue weighted by atomic mass is 16.5. The van der Waals surface area contributed by atoms with E-state index in [2.05, 4.69) is 6.07 Å². The van der Waals surface area contributed by atoms with Gasteiger partial charge < -0.3 is 9.64 Å². The van der Waals surface area contributed by atoms with Gasteiger partial charge in [0, 0.05) is 5.92 Å². The minimum absolute atomic E-state index is 0.0972. The highest BCUT2D eigenvalue weighted by Gasteiger charge is 2.53. The Hall–Kier alpha value is -2.02. The second kappa shape index (κ2) is 4.77. The molecule has 0 radical (unpaired) electrons. The van der Waals surface area contributed by atoms with Gasteiger partial charge in [-0.15, -0.1) is 0 Å². The molecule has 108 valence electrons. The average Bonchev–Trinajstić information content (AvgIpc) is 3.34. The van der Waals surface area contributed by atoms with Gasteiger partial charge in [-0.2, -0.15) is 5.26 Å². The summed E-state index contributed by atoms with van der Waals surface area (Å²) in [6, 6.07) is 9.21. The van der Waals surface area contributed by atoms with Gasteiger partial charge >= 0.3 is 0 Å². The number of carbonyl (C=O) groups is 1. The van der Waals surface area contributed by atoms with Crippen molar-refractivity contribution in [2.45, 2.75) is 25.4 Å². The van der Waals surface area contributed by atoms with Gasteiger partial charge in [-0.3, -0.25) is 4.79 Å². The van der Waals surface area contributed by atoms with Crippen LogP contribution < -0.4 is 4.74 Å². The third-order valence-electron chi connectivity index (χ3n) is 4.83. The molecule has 2 saturated carbocycles. The molecule has 21 heavy (non-hydrogen) atoms. The molecule has 0 aromatic heterocycles. The Morgan fingerprint density at radius 3 is 2.57 bits per heavy atom. The largest absolute Gasteiger partial charge is 0.487 e. The van der Waals surface area contributed by atoms with E-state index in [0.717, 1.165) is 18.1 Å². The maximum Gasteiger partial charge on any atom is 0.226 e. The Bertz CT molecular complexity index is 594. The molecule has 4 rings (SSSR count). The van der Waals surface area contributed by atoms with E-state index in [4.69, 9.17) is 10.00 Å². The fourth-order valence-electron chi connectivity index (χ4n) is 3.27. The zero-order chi connectivity index (χ0) is 14.4. The quantitative estimate of drug-likeness (QED) is 0.850. The molecule has 0 unspecified atom stereocenters. The molecule has 1 amide bonds. The van der Waals surface area contributed by atoms with Crippen molar-refractivity contribution in [3.8, 4) is 11.8 Å². The average molecular weight is 282 g/mol. The fourth-order valence-corrected chi connectivity index (χ4v) is 3.27. The molecule has 0 N–H and O–H groups in total. The molecule has 1 aromatic rings. The van der Waals surface area contributed by atoms with E-state index >= 15 is 0 Å². The summed E-state index contributed by atoms with van der Waals surface area (Å²) in [5, 5.41) is 8.75. The van der Waals surface area contributed by atoms with Gasteiger partial charge in [-0.05, 0) is 55.4 Å². The van der Waals surface area contributed by atoms with E-state index in [1.165, 1.54) is 12.8 Å². The normalized spacial score (nSPS) is 27.7. The Kier molecular flexibility index (Phi) is 2.88. The summed E-state index contributed by atoms with van der Waals surface area (Å²) in [6.07, 6.45) is 3.87. The smallest absolute Gasteiger partial charge is 0.226 e. The molecule has 1 saturated heterocycles. The van der Waals surface area contributed by atoms with Gasteiger partial charge in [0.25, 0.3) is 0 Å². The van der Waals surface area contributed by atoms with Crippen LogP contribution in [0.1, 0.15) is 24.8 Å². The molecule has 2 aliphatic carbocycles. The van der Waals surface area contributed by atoms with Gasteiger partial charge in [0.05, 0.1) is 24.7 Å². The predicted molar refractivity (Wildman–Crippen MR) is 76.5 cm³/mol. The van der Waals surface area contributed by atoms with Crippen LogP contribution in [-0.4, -0.2) is 30.0 Å². The number of nitrogens with zero attached hydrogens (tertiary/aromatic N) is 2. The van der Waals surface area contributed by atoms with E-state index in [1.807, 2.05) is 17.0 Å². The first-order valence-corrected chi connectivity index (χ1v) is 7.70. The summed E-state index contributed by atoms with van der Waals surface area (Å²) < 4.78 is 5.81. The molecule has 4 nitrogen and oxygen atoms in total. The zero-order valence-electron chi connectivity index (χ0n) is 11.9. The minimum Gasteiger partial charge on any atom is -0.487 e. The van der Waals surface area contributed by atoms with Crippen LogP contribution in [0.4, 0.5) is 0 Å². The molecule has 0 spiro atoms. The van der Waals surface area contributed by atoms with E-state index in [9.17, 15) is 4.79 Å². The Balaban J connectivity index is 1.25. The Labute approximate surface area is 124 Å². The van der Waals surface area contributed by atoms with E-state index < -0.39 is 0 Å². The van der Waals surface area contributed by atoms with Crippen LogP contribution in [-0.2, 0) is 4.79 Å². The first kappa shape index (κ1) is 12.7. The van der Waals surface area contributed by atoms with Crippen molar-refractivity contribution in [1.29, 1.82) is 5.26 Å². The van der Waals surface area contributed by atoms with Crippen molar-refractivity contribution in [3.05, 3.63) is 29.8 Å². The summed E-state index contributed by atoms with van der Waals surface area (Å²) in [7, 11) is 0. The fraction of sp³-hybridized carbons (Fsp3) is 0.529. The lowest BCUT2D eigenvalue weighted by atomic mass is 10.1. The summed E-state index contributed by atoms with van der Waals surface area (Å²) in [4.78, 5) is 14.2. The van der Waals surface area contributed by atoms with Gasteiger partial charge in [-0.1, -0.05) is 0 Å². The standard InChI is InChI=1S/C17H18N2O2/c18-8-11-1-5-13(6-2-11)21-14-9-19(10-14)17(20)16-7-15(16)12-3-4-12/h1-2,5-6,12,14-16H,3-4,7,9-10H2/t15-,16-/m0/s1. The maximum atomic E-state index is 12.2. The van der Waals surface area contributed by atoms with Gasteiger partial charge in [-0.25, -0.2) is 0 Å². The molecular weight excluding hydrogens is 264 g/mol. The molecule has 1 aliphatic heterocycles. The Morgan fingerprint density at radius 1 is 1.24 bits per heavy atom. The number of amides is 1. The summed E-state index contributed by atoms with van der Waals surface area (Å²) >= 11 is 0. The molecule has 3 aliphatic rings. The molecule has 0 bridgehead atoms. The van der Waals surface area contributed by atoms with Crippen molar-refractivity contribution < 1.29 is 9.53 Å². The number of hydrogen-bond donors (Lipinski definition) is 0. The van der Waals surface area contributed by atoms with Crippen LogP contribution in [0.25, 0.3) is 0 Å². The summed E-state index contributed by atoms with van der Waals surface area (Å²) in [5.41, 5.74) is 0.632. The van der Waals surface area contributed by atoms with Crippen molar-refractivity contribution in [2.24, 2.45) is 17.8 Å². The number of rotatable bonds is 4. The third kappa shape index (κ3) is 2.49. The Morgan fingerprint density at radius 2 is 1.95 bits per heavy atom. The first-order chi connectivity index (χ1) is 10.2. The second-order valence-electron chi connectivity index (χ2n) is 6.46. The number of benzene rings is 1. The molecule has 1 aromatic carbocycles. The van der Waals surface area contributed by atoms with Crippen LogP contribution in [0.3, 0.4) is 0 Å². The van der Waals surface area contributed by atoms with Crippen LogP contribution in [0, 0.1) is 29.1 Å². The monoisotopic (exact) mass is 282 g/mol. The summed E-state index contributed by atoms with van der Waals surface area (Å²) in [5.74, 6) is 2.97. The van der Waals surface area contributed by atoms with Crippen LogP contribution in [0.2, 0.25) is 0 Å². The van der Waals surface area contributed by atoms with Crippen molar-refractivity contribution >= 4 is 5.91 Å². The third-order valence-corrected chi connectivity index (χ3v) is 4.83. The van der Waals surface area contributed by atoms with Crippen molar-refractivity contribution in [3.63, 3.8) is 0 Å². The van der Waals surface area contributed by atoms with E-state index in [0.29, 0.717) is 36.4 Å². The number of hydrogen-bond acceptors (Lipinski definition) is 3. The first-order valence-electron chi connectivity index (χ1n) is 7.70. The summed E-state index contributed by atoms with van der Waals surface area (Å²) in [6.45, 7) is 1.40. The highest BCUT2D eigenvalue weighted by molar-refractivity contribution is 5.82.